The summed E-state index contributed by atoms with van der Waals surface area (Å²) in [5.74, 6) is 2.51. The molecule has 0 saturated carbocycles. The van der Waals surface area contributed by atoms with Crippen LogP contribution in [-0.2, 0) is 0 Å². The average molecular weight is 734 g/mol. The Morgan fingerprint density at radius 2 is 0.929 bits per heavy atom. The van der Waals surface area contributed by atoms with Crippen LogP contribution in [0.15, 0.2) is 188 Å². The number of para-hydroxylation sites is 1. The summed E-state index contributed by atoms with van der Waals surface area (Å²) in [5.41, 5.74) is 9.11. The summed E-state index contributed by atoms with van der Waals surface area (Å²) in [6, 6.07) is 63.5. The molecule has 11 aromatic rings. The smallest absolute Gasteiger partial charge is 0.167 e. The second kappa shape index (κ2) is 13.2. The number of benzene rings is 7. The average Bonchev–Trinajstić information content (AvgIpc) is 3.81. The highest BCUT2D eigenvalue weighted by atomic mass is 32.1. The van der Waals surface area contributed by atoms with Crippen LogP contribution in [0.2, 0.25) is 0 Å². The van der Waals surface area contributed by atoms with E-state index in [9.17, 15) is 0 Å². The highest BCUT2D eigenvalue weighted by Crippen LogP contribution is 2.42. The third kappa shape index (κ3) is 5.46. The maximum atomic E-state index is 5.38. The molecule has 56 heavy (non-hydrogen) atoms. The number of fused-ring (bicyclic) bond motifs is 6. The first kappa shape index (κ1) is 32.2. The van der Waals surface area contributed by atoms with Gasteiger partial charge in [0.15, 0.2) is 17.5 Å². The summed E-state index contributed by atoms with van der Waals surface area (Å²) < 4.78 is 4.84. The number of hydrogen-bond donors (Lipinski definition) is 0. The van der Waals surface area contributed by atoms with E-state index in [-0.39, 0.29) is 0 Å². The molecule has 0 aliphatic heterocycles. The Morgan fingerprint density at radius 1 is 0.357 bits per heavy atom. The van der Waals surface area contributed by atoms with E-state index in [0.717, 1.165) is 55.8 Å². The first-order chi connectivity index (χ1) is 27.7. The van der Waals surface area contributed by atoms with E-state index in [1.807, 2.05) is 84.3 Å². The molecule has 4 aromatic heterocycles. The van der Waals surface area contributed by atoms with Gasteiger partial charge in [0.25, 0.3) is 0 Å². The molecular weight excluding hydrogens is 703 g/mol. The number of aromatic nitrogens is 5. The summed E-state index contributed by atoms with van der Waals surface area (Å²) in [4.78, 5) is 20.9. The molecule has 262 valence electrons. The molecular formula is C50H31N5S. The van der Waals surface area contributed by atoms with E-state index in [1.165, 1.54) is 30.9 Å². The van der Waals surface area contributed by atoms with Crippen LogP contribution in [0.25, 0.3) is 104 Å². The van der Waals surface area contributed by atoms with Gasteiger partial charge in [-0.15, -0.1) is 11.3 Å². The van der Waals surface area contributed by atoms with Crippen molar-refractivity contribution in [2.75, 3.05) is 0 Å². The lowest BCUT2D eigenvalue weighted by Gasteiger charge is -2.15. The van der Waals surface area contributed by atoms with Crippen LogP contribution in [-0.4, -0.2) is 24.5 Å². The van der Waals surface area contributed by atoms with Crippen molar-refractivity contribution in [3.05, 3.63) is 188 Å². The zero-order valence-corrected chi connectivity index (χ0v) is 30.9. The van der Waals surface area contributed by atoms with Gasteiger partial charge in [-0.1, -0.05) is 146 Å². The monoisotopic (exact) mass is 733 g/mol. The second-order valence-corrected chi connectivity index (χ2v) is 15.0. The van der Waals surface area contributed by atoms with E-state index >= 15 is 0 Å². The number of hydrogen-bond acceptors (Lipinski definition) is 5. The normalized spacial score (nSPS) is 11.6. The molecule has 0 saturated heterocycles. The van der Waals surface area contributed by atoms with Gasteiger partial charge in [0.1, 0.15) is 5.82 Å². The van der Waals surface area contributed by atoms with Gasteiger partial charge in [-0.3, -0.25) is 4.57 Å². The maximum absolute atomic E-state index is 5.38. The Bertz CT molecular complexity index is 3190. The van der Waals surface area contributed by atoms with Crippen molar-refractivity contribution in [2.45, 2.75) is 0 Å². The Kier molecular flexibility index (Phi) is 7.60. The number of nitrogens with zero attached hydrogens (tertiary/aromatic N) is 5. The van der Waals surface area contributed by atoms with Gasteiger partial charge < -0.3 is 0 Å². The van der Waals surface area contributed by atoms with Crippen LogP contribution < -0.4 is 0 Å². The van der Waals surface area contributed by atoms with Gasteiger partial charge in [0.2, 0.25) is 0 Å². The largest absolute Gasteiger partial charge is 0.293 e. The van der Waals surface area contributed by atoms with Crippen molar-refractivity contribution in [3.8, 4) is 62.2 Å². The van der Waals surface area contributed by atoms with Crippen molar-refractivity contribution < 1.29 is 0 Å². The molecule has 0 aliphatic carbocycles. The van der Waals surface area contributed by atoms with Crippen molar-refractivity contribution >= 4 is 53.3 Å². The summed E-state index contributed by atoms with van der Waals surface area (Å²) in [6.45, 7) is 0. The SMILES string of the molecule is c1ccc(-c2cccc(-c3cnc(-n4c5ccccc5c5cc6sc7ccccc7c6cc54)c(-c4nc(-c5ccccc5)nc(-c5ccccc5)n4)c3)c2)cc1. The van der Waals surface area contributed by atoms with E-state index in [2.05, 4.69) is 120 Å². The first-order valence-electron chi connectivity index (χ1n) is 18.6. The molecule has 0 unspecified atom stereocenters. The topological polar surface area (TPSA) is 56.5 Å². The molecule has 0 aliphatic rings. The summed E-state index contributed by atoms with van der Waals surface area (Å²) in [7, 11) is 0. The highest BCUT2D eigenvalue weighted by Gasteiger charge is 2.22. The van der Waals surface area contributed by atoms with Crippen molar-refractivity contribution in [1.29, 1.82) is 0 Å². The standard InChI is InChI=1S/C50H31N5S/c1-4-15-32(16-5-1)35-21-14-22-36(27-35)37-28-42(49-53-47(33-17-6-2-7-18-33)52-48(54-49)34-19-8-3-9-20-34)50(51-31-37)55-43-25-12-10-23-38(43)40-30-46-41(29-44(40)55)39-24-11-13-26-45(39)56-46/h1-31H. The lowest BCUT2D eigenvalue weighted by molar-refractivity contribution is 1.04. The third-order valence-corrected chi connectivity index (χ3v) is 11.6. The van der Waals surface area contributed by atoms with Gasteiger partial charge in [-0.2, -0.15) is 0 Å². The van der Waals surface area contributed by atoms with E-state index in [1.54, 1.807) is 0 Å². The van der Waals surface area contributed by atoms with Crippen LogP contribution in [0.5, 0.6) is 0 Å². The van der Waals surface area contributed by atoms with Crippen LogP contribution in [0.1, 0.15) is 0 Å². The quantitative estimate of drug-likeness (QED) is 0.171. The fourth-order valence-electron chi connectivity index (χ4n) is 7.81. The summed E-state index contributed by atoms with van der Waals surface area (Å²) in [5, 5.41) is 4.83. The van der Waals surface area contributed by atoms with Crippen molar-refractivity contribution in [2.24, 2.45) is 0 Å². The van der Waals surface area contributed by atoms with Gasteiger partial charge >= 0.3 is 0 Å². The zero-order chi connectivity index (χ0) is 37.0. The Labute approximate surface area is 326 Å². The Balaban J connectivity index is 1.22. The van der Waals surface area contributed by atoms with E-state index in [0.29, 0.717) is 17.5 Å². The zero-order valence-electron chi connectivity index (χ0n) is 30.0. The number of rotatable bonds is 6. The summed E-state index contributed by atoms with van der Waals surface area (Å²) in [6.07, 6.45) is 1.99. The number of thiophene rings is 1. The minimum Gasteiger partial charge on any atom is -0.293 e. The molecule has 0 radical (unpaired) electrons. The van der Waals surface area contributed by atoms with E-state index < -0.39 is 0 Å². The van der Waals surface area contributed by atoms with Crippen molar-refractivity contribution in [3.63, 3.8) is 0 Å². The van der Waals surface area contributed by atoms with Crippen LogP contribution in [0.4, 0.5) is 0 Å². The molecule has 0 amide bonds. The van der Waals surface area contributed by atoms with Crippen LogP contribution in [0, 0.1) is 0 Å². The van der Waals surface area contributed by atoms with Gasteiger partial charge in [-0.25, -0.2) is 19.9 Å². The molecule has 6 heteroatoms. The van der Waals surface area contributed by atoms with Gasteiger partial charge in [0, 0.05) is 53.8 Å². The maximum Gasteiger partial charge on any atom is 0.167 e. The molecule has 0 spiro atoms. The lowest BCUT2D eigenvalue weighted by atomic mass is 9.99. The minimum atomic E-state index is 0.550. The lowest BCUT2D eigenvalue weighted by Crippen LogP contribution is -2.05. The molecule has 4 heterocycles. The number of pyridine rings is 1. The molecule has 0 atom stereocenters. The molecule has 0 bridgehead atoms. The Morgan fingerprint density at radius 3 is 1.64 bits per heavy atom. The predicted molar refractivity (Wildman–Crippen MR) is 232 cm³/mol. The summed E-state index contributed by atoms with van der Waals surface area (Å²) >= 11 is 1.84. The fourth-order valence-corrected chi connectivity index (χ4v) is 8.94. The molecule has 7 aromatic carbocycles. The van der Waals surface area contributed by atoms with Crippen molar-refractivity contribution in [1.82, 2.24) is 24.5 Å². The Hall–Kier alpha value is -7.28. The first-order valence-corrected chi connectivity index (χ1v) is 19.4. The molecule has 5 nitrogen and oxygen atoms in total. The fraction of sp³-hybridized carbons (Fsp3) is 0. The van der Waals surface area contributed by atoms with Crippen LogP contribution >= 0.6 is 11.3 Å². The molecule has 0 N–H and O–H groups in total. The predicted octanol–water partition coefficient (Wildman–Crippen LogP) is 13.1. The molecule has 11 rings (SSSR count). The van der Waals surface area contributed by atoms with Gasteiger partial charge in [0.05, 0.1) is 16.6 Å². The molecule has 0 fully saturated rings. The van der Waals surface area contributed by atoms with E-state index in [4.69, 9.17) is 19.9 Å². The second-order valence-electron chi connectivity index (χ2n) is 13.9. The van der Waals surface area contributed by atoms with Gasteiger partial charge in [-0.05, 0) is 53.1 Å². The highest BCUT2D eigenvalue weighted by molar-refractivity contribution is 7.25. The minimum absolute atomic E-state index is 0.550. The third-order valence-electron chi connectivity index (χ3n) is 10.5. The van der Waals surface area contributed by atoms with Crippen LogP contribution in [0.3, 0.4) is 0 Å².